The lowest BCUT2D eigenvalue weighted by molar-refractivity contribution is 0.0983. The van der Waals surface area contributed by atoms with Crippen LogP contribution in [-0.4, -0.2) is 32.8 Å². The smallest absolute Gasteiger partial charge is 0.258 e. The molecule has 2 aromatic rings. The number of nitrogens with zero attached hydrogens (tertiary/aromatic N) is 1. The van der Waals surface area contributed by atoms with Crippen LogP contribution in [0.1, 0.15) is 22.3 Å². The van der Waals surface area contributed by atoms with Crippen molar-refractivity contribution in [2.45, 2.75) is 12.8 Å². The number of para-hydroxylation sites is 1. The Labute approximate surface area is 140 Å². The van der Waals surface area contributed by atoms with Gasteiger partial charge in [-0.1, -0.05) is 18.2 Å². The lowest BCUT2D eigenvalue weighted by Crippen LogP contribution is -2.35. The summed E-state index contributed by atoms with van der Waals surface area (Å²) in [6.45, 7) is 1.67. The van der Waals surface area contributed by atoms with Gasteiger partial charge in [-0.05, 0) is 36.6 Å². The van der Waals surface area contributed by atoms with Gasteiger partial charge in [0.05, 0.1) is 7.11 Å². The Hall–Kier alpha value is -2.69. The highest BCUT2D eigenvalue weighted by Crippen LogP contribution is 2.41. The Kier molecular flexibility index (Phi) is 3.76. The lowest BCUT2D eigenvalue weighted by atomic mass is 10.0. The van der Waals surface area contributed by atoms with Crippen LogP contribution in [-0.2, 0) is 6.42 Å². The van der Waals surface area contributed by atoms with E-state index in [-0.39, 0.29) is 5.91 Å². The van der Waals surface area contributed by atoms with E-state index in [2.05, 4.69) is 6.07 Å². The van der Waals surface area contributed by atoms with Crippen molar-refractivity contribution in [2.75, 3.05) is 31.8 Å². The Morgan fingerprint density at radius 3 is 2.88 bits per heavy atom. The predicted octanol–water partition coefficient (Wildman–Crippen LogP) is 3.06. The van der Waals surface area contributed by atoms with E-state index in [1.165, 1.54) is 5.56 Å². The molecule has 5 heteroatoms. The van der Waals surface area contributed by atoms with Gasteiger partial charge in [-0.2, -0.15) is 0 Å². The molecule has 0 bridgehead atoms. The van der Waals surface area contributed by atoms with Crippen LogP contribution in [0, 0.1) is 0 Å². The number of benzene rings is 2. The molecule has 0 saturated carbocycles. The molecule has 2 heterocycles. The highest BCUT2D eigenvalue weighted by atomic mass is 16.6. The van der Waals surface area contributed by atoms with Crippen LogP contribution in [0.5, 0.6) is 17.2 Å². The summed E-state index contributed by atoms with van der Waals surface area (Å²) in [4.78, 5) is 14.9. The monoisotopic (exact) mass is 325 g/mol. The van der Waals surface area contributed by atoms with Crippen molar-refractivity contribution >= 4 is 11.6 Å². The van der Waals surface area contributed by atoms with E-state index in [1.54, 1.807) is 19.2 Å². The molecule has 124 valence electrons. The number of carbonyl (C=O) groups is 1. The maximum absolute atomic E-state index is 13.1. The molecule has 5 nitrogen and oxygen atoms in total. The molecule has 0 unspecified atom stereocenters. The van der Waals surface area contributed by atoms with Gasteiger partial charge in [0.25, 0.3) is 5.91 Å². The largest absolute Gasteiger partial charge is 0.493 e. The van der Waals surface area contributed by atoms with E-state index in [0.717, 1.165) is 18.5 Å². The van der Waals surface area contributed by atoms with E-state index in [9.17, 15) is 4.79 Å². The van der Waals surface area contributed by atoms with E-state index >= 15 is 0 Å². The maximum atomic E-state index is 13.1. The van der Waals surface area contributed by atoms with Crippen molar-refractivity contribution in [1.82, 2.24) is 0 Å². The zero-order valence-corrected chi connectivity index (χ0v) is 13.6. The summed E-state index contributed by atoms with van der Waals surface area (Å²) in [5.41, 5.74) is 2.75. The molecule has 2 aliphatic rings. The number of methoxy groups -OCH3 is 1. The van der Waals surface area contributed by atoms with Crippen molar-refractivity contribution in [2.24, 2.45) is 0 Å². The number of hydrogen-bond acceptors (Lipinski definition) is 4. The number of amides is 1. The van der Waals surface area contributed by atoms with Crippen molar-refractivity contribution < 1.29 is 19.0 Å². The molecule has 0 aromatic heterocycles. The molecule has 2 aromatic carbocycles. The van der Waals surface area contributed by atoms with E-state index in [0.29, 0.717) is 42.6 Å². The summed E-state index contributed by atoms with van der Waals surface area (Å²) in [5.74, 6) is 1.62. The topological polar surface area (TPSA) is 48.0 Å². The van der Waals surface area contributed by atoms with Gasteiger partial charge in [0, 0.05) is 17.8 Å². The van der Waals surface area contributed by atoms with Crippen molar-refractivity contribution in [3.8, 4) is 17.2 Å². The standard InChI is InChI=1S/C19H19NO4/c1-22-16-11-14(12-17-18(16)24-10-9-23-17)19(21)20-8-4-6-13-5-2-3-7-15(13)20/h2-3,5,7,11-12H,4,6,8-10H2,1H3. The zero-order valence-electron chi connectivity index (χ0n) is 13.6. The molecule has 0 fully saturated rings. The molecule has 0 N–H and O–H groups in total. The first-order valence-corrected chi connectivity index (χ1v) is 8.15. The molecular formula is C19H19NO4. The minimum absolute atomic E-state index is 0.0441. The number of rotatable bonds is 2. The maximum Gasteiger partial charge on any atom is 0.258 e. The molecule has 0 spiro atoms. The first-order chi connectivity index (χ1) is 11.8. The Balaban J connectivity index is 1.73. The molecule has 0 aliphatic carbocycles. The molecule has 1 amide bonds. The lowest BCUT2D eigenvalue weighted by Gasteiger charge is -2.30. The van der Waals surface area contributed by atoms with Crippen molar-refractivity contribution in [1.29, 1.82) is 0 Å². The number of carbonyl (C=O) groups excluding carboxylic acids is 1. The summed E-state index contributed by atoms with van der Waals surface area (Å²) in [7, 11) is 1.57. The zero-order chi connectivity index (χ0) is 16.5. The SMILES string of the molecule is COc1cc(C(=O)N2CCCc3ccccc32)cc2c1OCCO2. The highest BCUT2D eigenvalue weighted by molar-refractivity contribution is 6.07. The summed E-state index contributed by atoms with van der Waals surface area (Å²) in [6.07, 6.45) is 1.97. The van der Waals surface area contributed by atoms with Gasteiger partial charge in [0.15, 0.2) is 11.5 Å². The molecule has 4 rings (SSSR count). The summed E-state index contributed by atoms with van der Waals surface area (Å²) in [6, 6.07) is 11.5. The fourth-order valence-corrected chi connectivity index (χ4v) is 3.30. The van der Waals surface area contributed by atoms with Crippen molar-refractivity contribution in [3.05, 3.63) is 47.5 Å². The molecule has 0 saturated heterocycles. The minimum Gasteiger partial charge on any atom is -0.493 e. The Morgan fingerprint density at radius 2 is 2.00 bits per heavy atom. The fraction of sp³-hybridized carbons (Fsp3) is 0.316. The van der Waals surface area contributed by atoms with Crippen LogP contribution < -0.4 is 19.1 Å². The third-order valence-corrected chi connectivity index (χ3v) is 4.43. The van der Waals surface area contributed by atoms with E-state index in [1.807, 2.05) is 23.1 Å². The number of fused-ring (bicyclic) bond motifs is 2. The van der Waals surface area contributed by atoms with Gasteiger partial charge in [-0.25, -0.2) is 0 Å². The second-order valence-corrected chi connectivity index (χ2v) is 5.89. The first-order valence-electron chi connectivity index (χ1n) is 8.15. The minimum atomic E-state index is -0.0441. The van der Waals surface area contributed by atoms with Crippen LogP contribution >= 0.6 is 0 Å². The summed E-state index contributed by atoms with van der Waals surface area (Å²) >= 11 is 0. The number of anilines is 1. The van der Waals surface area contributed by atoms with Gasteiger partial charge in [0.1, 0.15) is 13.2 Å². The average molecular weight is 325 g/mol. The number of ether oxygens (including phenoxy) is 3. The average Bonchev–Trinajstić information content (AvgIpc) is 2.66. The number of aryl methyl sites for hydroxylation is 1. The van der Waals surface area contributed by atoms with Gasteiger partial charge >= 0.3 is 0 Å². The third kappa shape index (κ3) is 2.46. The Bertz CT molecular complexity index is 770. The normalized spacial score (nSPS) is 15.6. The van der Waals surface area contributed by atoms with Crippen molar-refractivity contribution in [3.63, 3.8) is 0 Å². The van der Waals surface area contributed by atoms with Gasteiger partial charge in [-0.3, -0.25) is 4.79 Å². The third-order valence-electron chi connectivity index (χ3n) is 4.43. The van der Waals surface area contributed by atoms with Gasteiger partial charge in [-0.15, -0.1) is 0 Å². The predicted molar refractivity (Wildman–Crippen MR) is 90.4 cm³/mol. The van der Waals surface area contributed by atoms with Crippen LogP contribution in [0.15, 0.2) is 36.4 Å². The second-order valence-electron chi connectivity index (χ2n) is 5.89. The Morgan fingerprint density at radius 1 is 1.17 bits per heavy atom. The van der Waals surface area contributed by atoms with E-state index < -0.39 is 0 Å². The number of hydrogen-bond donors (Lipinski definition) is 0. The second kappa shape index (κ2) is 6.07. The van der Waals surface area contributed by atoms with Crippen LogP contribution in [0.3, 0.4) is 0 Å². The van der Waals surface area contributed by atoms with Gasteiger partial charge in [0.2, 0.25) is 5.75 Å². The first kappa shape index (κ1) is 14.9. The van der Waals surface area contributed by atoms with E-state index in [4.69, 9.17) is 14.2 Å². The molecule has 0 radical (unpaired) electrons. The summed E-state index contributed by atoms with van der Waals surface area (Å²) in [5, 5.41) is 0. The fourth-order valence-electron chi connectivity index (χ4n) is 3.30. The van der Waals surface area contributed by atoms with Crippen LogP contribution in [0.25, 0.3) is 0 Å². The molecule has 24 heavy (non-hydrogen) atoms. The molecular weight excluding hydrogens is 306 g/mol. The van der Waals surface area contributed by atoms with Crippen LogP contribution in [0.2, 0.25) is 0 Å². The molecule has 0 atom stereocenters. The quantitative estimate of drug-likeness (QED) is 0.851. The molecule has 2 aliphatic heterocycles. The van der Waals surface area contributed by atoms with Crippen LogP contribution in [0.4, 0.5) is 5.69 Å². The summed E-state index contributed by atoms with van der Waals surface area (Å²) < 4.78 is 16.6. The van der Waals surface area contributed by atoms with Gasteiger partial charge < -0.3 is 19.1 Å². The highest BCUT2D eigenvalue weighted by Gasteiger charge is 2.26.